The lowest BCUT2D eigenvalue weighted by molar-refractivity contribution is 0.237. The molecule has 0 N–H and O–H groups in total. The van der Waals surface area contributed by atoms with Crippen molar-refractivity contribution in [3.63, 3.8) is 0 Å². The minimum absolute atomic E-state index is 0.0217. The van der Waals surface area contributed by atoms with Crippen LogP contribution in [0.1, 0.15) is 73.9 Å². The lowest BCUT2D eigenvalue weighted by Crippen LogP contribution is -2.25. The van der Waals surface area contributed by atoms with E-state index in [1.54, 1.807) is 0 Å². The van der Waals surface area contributed by atoms with Gasteiger partial charge in [-0.05, 0) is 100 Å². The van der Waals surface area contributed by atoms with Crippen LogP contribution in [-0.4, -0.2) is 42.2 Å². The summed E-state index contributed by atoms with van der Waals surface area (Å²) in [5.74, 6) is 2.13. The van der Waals surface area contributed by atoms with Crippen molar-refractivity contribution >= 4 is 11.5 Å². The van der Waals surface area contributed by atoms with Crippen LogP contribution >= 0.6 is 0 Å². The molecule has 5 nitrogen and oxygen atoms in total. The molecule has 1 saturated heterocycles. The summed E-state index contributed by atoms with van der Waals surface area (Å²) < 4.78 is 5.78. The molecule has 5 heteroatoms. The number of rotatable bonds is 8. The predicted molar refractivity (Wildman–Crippen MR) is 141 cm³/mol. The molecular weight excluding hydrogens is 432 g/mol. The normalized spacial score (nSPS) is 20.9. The van der Waals surface area contributed by atoms with Crippen molar-refractivity contribution in [3.05, 3.63) is 76.4 Å². The third-order valence-electron chi connectivity index (χ3n) is 7.33. The monoisotopic (exact) mass is 466 g/mol. The molecule has 35 heavy (non-hydrogen) atoms. The molecule has 180 valence electrons. The second-order valence-corrected chi connectivity index (χ2v) is 10.4. The fraction of sp³-hybridized carbons (Fsp3) is 0.433. The van der Waals surface area contributed by atoms with Crippen molar-refractivity contribution in [1.29, 1.82) is 5.26 Å². The maximum absolute atomic E-state index is 9.61. The highest BCUT2D eigenvalue weighted by atomic mass is 16.5. The summed E-state index contributed by atoms with van der Waals surface area (Å²) >= 11 is 0. The molecule has 2 aromatic carbocycles. The van der Waals surface area contributed by atoms with Crippen LogP contribution in [0.5, 0.6) is 5.75 Å². The first-order valence-electron chi connectivity index (χ1n) is 12.8. The average molecular weight is 467 g/mol. The Bertz CT molecular complexity index is 1250. The summed E-state index contributed by atoms with van der Waals surface area (Å²) in [6.07, 6.45) is 4.67. The quantitative estimate of drug-likeness (QED) is 0.457. The van der Waals surface area contributed by atoms with E-state index in [1.165, 1.54) is 41.6 Å². The average Bonchev–Trinajstić information content (AvgIpc) is 3.55. The number of nitrogens with zero attached hydrogens (tertiary/aromatic N) is 4. The largest absolute Gasteiger partial charge is 0.490 e. The Morgan fingerprint density at radius 2 is 2.14 bits per heavy atom. The molecule has 1 aliphatic carbocycles. The van der Waals surface area contributed by atoms with Gasteiger partial charge < -0.3 is 4.74 Å². The Morgan fingerprint density at radius 3 is 2.91 bits per heavy atom. The zero-order chi connectivity index (χ0) is 24.5. The number of allylic oxidation sites excluding steroid dienone is 1. The summed E-state index contributed by atoms with van der Waals surface area (Å²) in [5.41, 5.74) is 7.71. The van der Waals surface area contributed by atoms with E-state index in [9.17, 15) is 5.26 Å². The molecule has 2 atom stereocenters. The van der Waals surface area contributed by atoms with Crippen molar-refractivity contribution < 1.29 is 4.74 Å². The minimum atomic E-state index is 0.0217. The highest BCUT2D eigenvalue weighted by Crippen LogP contribution is 2.47. The second kappa shape index (κ2) is 9.79. The maximum atomic E-state index is 9.61. The molecule has 0 amide bonds. The molecule has 0 aromatic heterocycles. The first-order valence-corrected chi connectivity index (χ1v) is 12.8. The predicted octanol–water partition coefficient (Wildman–Crippen LogP) is 5.87. The lowest BCUT2D eigenvalue weighted by Gasteiger charge is -2.25. The van der Waals surface area contributed by atoms with Gasteiger partial charge in [-0.25, -0.2) is 4.99 Å². The van der Waals surface area contributed by atoms with Crippen LogP contribution in [0.2, 0.25) is 0 Å². The highest BCUT2D eigenvalue weighted by molar-refractivity contribution is 6.17. The van der Waals surface area contributed by atoms with Crippen molar-refractivity contribution in [2.75, 3.05) is 19.6 Å². The van der Waals surface area contributed by atoms with Gasteiger partial charge in [-0.1, -0.05) is 23.8 Å². The smallest absolute Gasteiger partial charge is 0.155 e. The number of aliphatic imine (C=N–C) groups is 2. The number of hydrogen-bond acceptors (Lipinski definition) is 5. The topological polar surface area (TPSA) is 61.0 Å². The molecule has 2 aliphatic heterocycles. The number of hydrogen-bond donors (Lipinski definition) is 0. The molecule has 2 aromatic rings. The number of benzene rings is 2. The fourth-order valence-corrected chi connectivity index (χ4v) is 5.81. The molecule has 0 radical (unpaired) electrons. The number of fused-ring (bicyclic) bond motifs is 3. The van der Waals surface area contributed by atoms with Gasteiger partial charge in [0.15, 0.2) is 5.84 Å². The molecule has 0 spiro atoms. The Labute approximate surface area is 208 Å². The van der Waals surface area contributed by atoms with Crippen LogP contribution in [0, 0.1) is 17.2 Å². The summed E-state index contributed by atoms with van der Waals surface area (Å²) in [7, 11) is 0. The molecule has 1 fully saturated rings. The van der Waals surface area contributed by atoms with E-state index in [2.05, 4.69) is 42.7 Å². The van der Waals surface area contributed by atoms with Gasteiger partial charge in [0, 0.05) is 11.6 Å². The van der Waals surface area contributed by atoms with Gasteiger partial charge in [-0.3, -0.25) is 9.89 Å². The van der Waals surface area contributed by atoms with Crippen molar-refractivity contribution in [3.8, 4) is 11.8 Å². The Hall–Kier alpha value is -3.23. The fourth-order valence-electron chi connectivity index (χ4n) is 5.81. The number of likely N-dealkylation sites (tertiary alicyclic amines) is 1. The third-order valence-corrected chi connectivity index (χ3v) is 7.33. The first-order chi connectivity index (χ1) is 16.9. The molecule has 0 saturated carbocycles. The van der Waals surface area contributed by atoms with Gasteiger partial charge in [0.05, 0.1) is 23.9 Å². The minimum Gasteiger partial charge on any atom is -0.490 e. The van der Waals surface area contributed by atoms with Crippen LogP contribution in [0.3, 0.4) is 0 Å². The van der Waals surface area contributed by atoms with Gasteiger partial charge in [0.2, 0.25) is 0 Å². The molecule has 0 bridgehead atoms. The first kappa shape index (κ1) is 23.5. The van der Waals surface area contributed by atoms with Crippen molar-refractivity contribution in [1.82, 2.24) is 4.90 Å². The van der Waals surface area contributed by atoms with Gasteiger partial charge >= 0.3 is 0 Å². The number of nitriles is 1. The number of amidine groups is 1. The molecule has 2 heterocycles. The number of ether oxygens (including phenoxy) is 1. The van der Waals surface area contributed by atoms with Crippen molar-refractivity contribution in [2.45, 2.75) is 58.6 Å². The van der Waals surface area contributed by atoms with Gasteiger partial charge in [-0.2, -0.15) is 5.26 Å². The van der Waals surface area contributed by atoms with E-state index < -0.39 is 0 Å². The van der Waals surface area contributed by atoms with E-state index in [0.29, 0.717) is 29.8 Å². The summed E-state index contributed by atoms with van der Waals surface area (Å²) in [6.45, 7) is 13.0. The maximum Gasteiger partial charge on any atom is 0.155 e. The Kier molecular flexibility index (Phi) is 6.58. The zero-order valence-electron chi connectivity index (χ0n) is 21.1. The summed E-state index contributed by atoms with van der Waals surface area (Å²) in [6, 6.07) is 15.2. The molecular formula is C30H34N4O. The SMILES string of the molecule is C=C(C)CCCN1CCC2Cc3c(C4=NCC(c5ccc(OC(C)C)c(C#N)c5)=N4)cccc3C21. The van der Waals surface area contributed by atoms with E-state index in [0.717, 1.165) is 36.5 Å². The van der Waals surface area contributed by atoms with E-state index in [1.807, 2.05) is 32.0 Å². The summed E-state index contributed by atoms with van der Waals surface area (Å²) in [4.78, 5) is 12.5. The highest BCUT2D eigenvalue weighted by Gasteiger charge is 2.42. The van der Waals surface area contributed by atoms with Crippen LogP contribution in [-0.2, 0) is 6.42 Å². The van der Waals surface area contributed by atoms with Gasteiger partial charge in [0.1, 0.15) is 11.8 Å². The van der Waals surface area contributed by atoms with E-state index >= 15 is 0 Å². The van der Waals surface area contributed by atoms with Crippen molar-refractivity contribution in [2.24, 2.45) is 15.9 Å². The van der Waals surface area contributed by atoms with E-state index in [4.69, 9.17) is 14.7 Å². The van der Waals surface area contributed by atoms with Crippen LogP contribution in [0.4, 0.5) is 0 Å². The van der Waals surface area contributed by atoms with Crippen LogP contribution in [0.25, 0.3) is 0 Å². The Morgan fingerprint density at radius 1 is 1.29 bits per heavy atom. The zero-order valence-corrected chi connectivity index (χ0v) is 21.1. The summed E-state index contributed by atoms with van der Waals surface area (Å²) in [5, 5.41) is 9.61. The Balaban J connectivity index is 1.38. The van der Waals surface area contributed by atoms with Crippen LogP contribution < -0.4 is 4.74 Å². The van der Waals surface area contributed by atoms with Gasteiger partial charge in [-0.15, -0.1) is 6.58 Å². The van der Waals surface area contributed by atoms with E-state index in [-0.39, 0.29) is 6.10 Å². The molecule has 2 unspecified atom stereocenters. The third kappa shape index (κ3) is 4.68. The second-order valence-electron chi connectivity index (χ2n) is 10.4. The molecule has 5 rings (SSSR count). The lowest BCUT2D eigenvalue weighted by atomic mass is 10.0. The van der Waals surface area contributed by atoms with Gasteiger partial charge in [0.25, 0.3) is 0 Å². The standard InChI is InChI=1S/C30H34N4O/c1-19(2)7-6-13-34-14-12-22-16-26-24(29(22)34)8-5-9-25(26)30-32-18-27(33-30)21-10-11-28(35-20(3)4)23(15-21)17-31/h5,8-11,15,20,22,29H,1,6-7,12-14,16,18H2,2-4H3. The molecule has 3 aliphatic rings. The van der Waals surface area contributed by atoms with Crippen LogP contribution in [0.15, 0.2) is 58.5 Å².